The molecule has 0 bridgehead atoms. The van der Waals surface area contributed by atoms with Crippen molar-refractivity contribution in [2.75, 3.05) is 14.2 Å². The van der Waals surface area contributed by atoms with Crippen molar-refractivity contribution < 1.29 is 9.53 Å². The zero-order valence-electron chi connectivity index (χ0n) is 6.42. The van der Waals surface area contributed by atoms with Crippen LogP contribution in [0.3, 0.4) is 0 Å². The third-order valence-corrected chi connectivity index (χ3v) is 1.22. The molecule has 0 saturated carbocycles. The molecule has 58 valence electrons. The predicted molar refractivity (Wildman–Crippen MR) is 38.1 cm³/mol. The molecule has 0 aliphatic carbocycles. The lowest BCUT2D eigenvalue weighted by atomic mass is 10.5. The minimum Gasteiger partial charge on any atom is -0.452 e. The van der Waals surface area contributed by atoms with Crippen molar-refractivity contribution in [2.24, 2.45) is 5.73 Å². The molecule has 0 aromatic carbocycles. The molecule has 0 saturated heterocycles. The molecule has 1 amide bonds. The zero-order chi connectivity index (χ0) is 8.15. The Labute approximate surface area is 60.2 Å². The minimum absolute atomic E-state index is 0.417. The van der Waals surface area contributed by atoms with Crippen LogP contribution in [0.15, 0.2) is 11.9 Å². The second kappa shape index (κ2) is 3.76. The molecule has 0 aromatic heterocycles. The number of carbonyl (C=O) groups excluding carboxylic acids is 1. The summed E-state index contributed by atoms with van der Waals surface area (Å²) in [6.07, 6.45) is 0.927. The summed E-state index contributed by atoms with van der Waals surface area (Å²) in [5, 5.41) is 0. The number of methoxy groups -OCH3 is 1. The van der Waals surface area contributed by atoms with Crippen molar-refractivity contribution in [3.8, 4) is 0 Å². The topological polar surface area (TPSA) is 55.6 Å². The molecule has 4 nitrogen and oxygen atoms in total. The average molecular weight is 144 g/mol. The highest BCUT2D eigenvalue weighted by Crippen LogP contribution is 1.98. The fraction of sp³-hybridized carbons (Fsp3) is 0.500. The summed E-state index contributed by atoms with van der Waals surface area (Å²) in [5.74, 6) is 0. The molecule has 0 unspecified atom stereocenters. The van der Waals surface area contributed by atoms with Crippen LogP contribution >= 0.6 is 0 Å². The van der Waals surface area contributed by atoms with E-state index in [2.05, 4.69) is 4.74 Å². The number of allylic oxidation sites excluding steroid dienone is 1. The molecule has 10 heavy (non-hydrogen) atoms. The summed E-state index contributed by atoms with van der Waals surface area (Å²) in [6.45, 7) is 1.72. The van der Waals surface area contributed by atoms with E-state index in [0.717, 1.165) is 0 Å². The Hall–Kier alpha value is -1.19. The first kappa shape index (κ1) is 8.81. The summed E-state index contributed by atoms with van der Waals surface area (Å²) in [7, 11) is 2.91. The van der Waals surface area contributed by atoms with E-state index >= 15 is 0 Å². The Kier molecular flexibility index (Phi) is 3.32. The largest absolute Gasteiger partial charge is 0.452 e. The second-order valence-electron chi connectivity index (χ2n) is 1.84. The van der Waals surface area contributed by atoms with E-state index in [-0.39, 0.29) is 0 Å². The van der Waals surface area contributed by atoms with Gasteiger partial charge in [0.15, 0.2) is 0 Å². The third-order valence-electron chi connectivity index (χ3n) is 1.22. The summed E-state index contributed by atoms with van der Waals surface area (Å²) in [6, 6.07) is 0. The molecule has 0 spiro atoms. The maximum Gasteiger partial charge on any atom is 0.413 e. The average Bonchev–Trinajstić information content (AvgIpc) is 2.00. The number of ether oxygens (including phenoxy) is 1. The quantitative estimate of drug-likeness (QED) is 0.583. The van der Waals surface area contributed by atoms with Crippen molar-refractivity contribution >= 4 is 6.09 Å². The van der Waals surface area contributed by atoms with Crippen LogP contribution in [-0.2, 0) is 4.74 Å². The van der Waals surface area contributed by atoms with Crippen LogP contribution in [0.4, 0.5) is 4.79 Å². The fourth-order valence-electron chi connectivity index (χ4n) is 0.393. The van der Waals surface area contributed by atoms with Gasteiger partial charge in [0.25, 0.3) is 0 Å². The van der Waals surface area contributed by atoms with E-state index in [0.29, 0.717) is 5.70 Å². The molecule has 0 heterocycles. The monoisotopic (exact) mass is 144 g/mol. The van der Waals surface area contributed by atoms with Gasteiger partial charge in [0.2, 0.25) is 0 Å². The summed E-state index contributed by atoms with van der Waals surface area (Å²) in [4.78, 5) is 12.0. The second-order valence-corrected chi connectivity index (χ2v) is 1.84. The highest BCUT2D eigenvalue weighted by Gasteiger charge is 2.07. The Bertz CT molecular complexity index is 154. The molecule has 0 aromatic rings. The highest BCUT2D eigenvalue weighted by molar-refractivity contribution is 5.69. The van der Waals surface area contributed by atoms with Crippen LogP contribution in [0.1, 0.15) is 6.92 Å². The molecule has 4 heteroatoms. The summed E-state index contributed by atoms with van der Waals surface area (Å²) in [5.41, 5.74) is 5.81. The Balaban J connectivity index is 4.08. The van der Waals surface area contributed by atoms with E-state index < -0.39 is 6.09 Å². The zero-order valence-corrected chi connectivity index (χ0v) is 6.42. The first-order chi connectivity index (χ1) is 4.63. The van der Waals surface area contributed by atoms with E-state index in [4.69, 9.17) is 5.73 Å². The van der Waals surface area contributed by atoms with Gasteiger partial charge < -0.3 is 10.5 Å². The first-order valence-electron chi connectivity index (χ1n) is 2.83. The van der Waals surface area contributed by atoms with Gasteiger partial charge in [-0.15, -0.1) is 0 Å². The van der Waals surface area contributed by atoms with Crippen LogP contribution in [-0.4, -0.2) is 25.2 Å². The molecule has 0 radical (unpaired) electrons. The Morgan fingerprint density at radius 1 is 1.70 bits per heavy atom. The Morgan fingerprint density at radius 2 is 2.20 bits per heavy atom. The molecular formula is C6H12N2O2. The molecule has 0 rings (SSSR count). The number of carbonyl (C=O) groups is 1. The van der Waals surface area contributed by atoms with Gasteiger partial charge in [0.1, 0.15) is 0 Å². The maximum atomic E-state index is 10.7. The van der Waals surface area contributed by atoms with Crippen molar-refractivity contribution in [1.82, 2.24) is 4.90 Å². The lowest BCUT2D eigenvalue weighted by molar-refractivity contribution is 0.143. The molecule has 2 N–H and O–H groups in total. The highest BCUT2D eigenvalue weighted by atomic mass is 16.5. The Morgan fingerprint density at radius 3 is 2.50 bits per heavy atom. The van der Waals surface area contributed by atoms with Gasteiger partial charge in [-0.1, -0.05) is 0 Å². The van der Waals surface area contributed by atoms with Crippen LogP contribution in [0, 0.1) is 0 Å². The molecule has 0 fully saturated rings. The van der Waals surface area contributed by atoms with Gasteiger partial charge in [-0.3, -0.25) is 4.90 Å². The predicted octanol–water partition coefficient (Wildman–Crippen LogP) is 0.505. The lowest BCUT2D eigenvalue weighted by Gasteiger charge is -2.14. The van der Waals surface area contributed by atoms with Crippen LogP contribution in [0.25, 0.3) is 0 Å². The van der Waals surface area contributed by atoms with Crippen molar-refractivity contribution in [2.45, 2.75) is 6.92 Å². The van der Waals surface area contributed by atoms with Gasteiger partial charge in [0.05, 0.1) is 7.11 Å². The van der Waals surface area contributed by atoms with Crippen molar-refractivity contribution in [3.63, 3.8) is 0 Å². The minimum atomic E-state index is -0.417. The van der Waals surface area contributed by atoms with Gasteiger partial charge in [-0.2, -0.15) is 0 Å². The van der Waals surface area contributed by atoms with E-state index in [1.807, 2.05) is 0 Å². The summed E-state index contributed by atoms with van der Waals surface area (Å²) >= 11 is 0. The first-order valence-corrected chi connectivity index (χ1v) is 2.83. The molecule has 0 aliphatic rings. The third kappa shape index (κ3) is 1.97. The number of hydrogen-bond donors (Lipinski definition) is 1. The number of nitrogens with two attached hydrogens (primary N) is 1. The smallest absolute Gasteiger partial charge is 0.413 e. The van der Waals surface area contributed by atoms with Gasteiger partial charge >= 0.3 is 6.09 Å². The summed E-state index contributed by atoms with van der Waals surface area (Å²) < 4.78 is 4.43. The van der Waals surface area contributed by atoms with Crippen molar-refractivity contribution in [1.29, 1.82) is 0 Å². The normalized spacial score (nSPS) is 10.9. The number of hydrogen-bond acceptors (Lipinski definition) is 3. The molecular weight excluding hydrogens is 132 g/mol. The number of nitrogens with zero attached hydrogens (tertiary/aromatic N) is 1. The van der Waals surface area contributed by atoms with E-state index in [1.165, 1.54) is 18.2 Å². The van der Waals surface area contributed by atoms with E-state index in [9.17, 15) is 4.79 Å². The standard InChI is InChI=1S/C6H12N2O2/c1-5(4-7)8(2)6(9)10-3/h4H,7H2,1-3H3/b5-4+. The SMILES string of the molecule is COC(=O)N(C)/C(C)=C/N. The maximum absolute atomic E-state index is 10.7. The van der Waals surface area contributed by atoms with Crippen LogP contribution in [0.2, 0.25) is 0 Å². The molecule has 0 aliphatic heterocycles. The van der Waals surface area contributed by atoms with Gasteiger partial charge in [0, 0.05) is 18.9 Å². The fourth-order valence-corrected chi connectivity index (χ4v) is 0.393. The van der Waals surface area contributed by atoms with Gasteiger partial charge in [-0.25, -0.2) is 4.79 Å². The number of rotatable bonds is 1. The lowest BCUT2D eigenvalue weighted by Crippen LogP contribution is -2.25. The van der Waals surface area contributed by atoms with Gasteiger partial charge in [-0.05, 0) is 6.92 Å². The number of amides is 1. The van der Waals surface area contributed by atoms with Crippen molar-refractivity contribution in [3.05, 3.63) is 11.9 Å². The van der Waals surface area contributed by atoms with E-state index in [1.54, 1.807) is 14.0 Å². The van der Waals surface area contributed by atoms with Crippen LogP contribution in [0.5, 0.6) is 0 Å². The molecule has 0 atom stereocenters. The van der Waals surface area contributed by atoms with Crippen LogP contribution < -0.4 is 5.73 Å².